The van der Waals surface area contributed by atoms with Crippen LogP contribution in [0.1, 0.15) is 12.2 Å². The third-order valence-corrected chi connectivity index (χ3v) is 6.40. The fourth-order valence-electron chi connectivity index (χ4n) is 4.69. The van der Waals surface area contributed by atoms with Crippen molar-refractivity contribution in [2.75, 3.05) is 39.2 Å². The summed E-state index contributed by atoms with van der Waals surface area (Å²) in [5.41, 5.74) is 0.850. The van der Waals surface area contributed by atoms with Crippen LogP contribution in [0.25, 0.3) is 27.7 Å². The number of rotatable bonds is 6. The van der Waals surface area contributed by atoms with Gasteiger partial charge < -0.3 is 19.5 Å². The van der Waals surface area contributed by atoms with Gasteiger partial charge in [-0.05, 0) is 38.1 Å². The SMILES string of the molecule is COc1nc(N[C@H]2CCN(C)C[C@H]2F)nn2cc(F)c(-c3cc(F)c4nc(C)n(CCF)c4c3)c12. The van der Waals surface area contributed by atoms with Crippen molar-refractivity contribution in [3.63, 3.8) is 0 Å². The van der Waals surface area contributed by atoms with E-state index in [2.05, 4.69) is 20.4 Å². The maximum absolute atomic E-state index is 15.3. The van der Waals surface area contributed by atoms with Crippen molar-refractivity contribution in [3.05, 3.63) is 35.8 Å². The van der Waals surface area contributed by atoms with Crippen LogP contribution in [0.4, 0.5) is 23.5 Å². The molecule has 2 atom stereocenters. The average Bonchev–Trinajstić information content (AvgIpc) is 3.31. The number of nitrogens with zero attached hydrogens (tertiary/aromatic N) is 6. The number of alkyl halides is 2. The maximum atomic E-state index is 15.3. The Bertz CT molecular complexity index is 1400. The highest BCUT2D eigenvalue weighted by molar-refractivity contribution is 5.90. The molecule has 12 heteroatoms. The van der Waals surface area contributed by atoms with E-state index in [0.717, 1.165) is 6.20 Å². The molecule has 0 amide bonds. The van der Waals surface area contributed by atoms with Gasteiger partial charge in [-0.1, -0.05) is 0 Å². The molecule has 3 aromatic heterocycles. The Labute approximate surface area is 198 Å². The van der Waals surface area contributed by atoms with Crippen LogP contribution in [0.2, 0.25) is 0 Å². The molecular weight excluding hydrogens is 466 g/mol. The number of aryl methyl sites for hydroxylation is 2. The molecule has 1 aliphatic heterocycles. The fraction of sp³-hybridized carbons (Fsp3) is 0.435. The van der Waals surface area contributed by atoms with E-state index in [0.29, 0.717) is 24.3 Å². The van der Waals surface area contributed by atoms with Crippen LogP contribution in [0, 0.1) is 18.6 Å². The first-order chi connectivity index (χ1) is 16.8. The van der Waals surface area contributed by atoms with Gasteiger partial charge in [0.2, 0.25) is 11.8 Å². The number of halogens is 4. The van der Waals surface area contributed by atoms with Gasteiger partial charge in [0.25, 0.3) is 0 Å². The van der Waals surface area contributed by atoms with Crippen molar-refractivity contribution in [3.8, 4) is 17.0 Å². The highest BCUT2D eigenvalue weighted by Crippen LogP contribution is 2.36. The lowest BCUT2D eigenvalue weighted by Crippen LogP contribution is -2.46. The van der Waals surface area contributed by atoms with Gasteiger partial charge in [-0.3, -0.25) is 0 Å². The Morgan fingerprint density at radius 1 is 1.20 bits per heavy atom. The summed E-state index contributed by atoms with van der Waals surface area (Å²) in [5.74, 6) is -0.756. The lowest BCUT2D eigenvalue weighted by Gasteiger charge is -2.32. The van der Waals surface area contributed by atoms with Gasteiger partial charge in [-0.15, -0.1) is 5.10 Å². The van der Waals surface area contributed by atoms with Gasteiger partial charge in [0, 0.05) is 13.1 Å². The number of methoxy groups -OCH3 is 1. The Balaban J connectivity index is 1.61. The largest absolute Gasteiger partial charge is 0.479 e. The molecule has 1 fully saturated rings. The topological polar surface area (TPSA) is 72.5 Å². The second-order valence-corrected chi connectivity index (χ2v) is 8.73. The predicted molar refractivity (Wildman–Crippen MR) is 123 cm³/mol. The highest BCUT2D eigenvalue weighted by atomic mass is 19.1. The summed E-state index contributed by atoms with van der Waals surface area (Å²) in [5, 5.41) is 7.30. The number of hydrogen-bond donors (Lipinski definition) is 1. The first-order valence-corrected chi connectivity index (χ1v) is 11.3. The monoisotopic (exact) mass is 491 g/mol. The zero-order valence-corrected chi connectivity index (χ0v) is 19.5. The molecule has 1 N–H and O–H groups in total. The van der Waals surface area contributed by atoms with Gasteiger partial charge in [0.05, 0.1) is 37.0 Å². The Morgan fingerprint density at radius 2 is 2.00 bits per heavy atom. The van der Waals surface area contributed by atoms with Gasteiger partial charge in [-0.2, -0.15) is 4.98 Å². The molecule has 0 radical (unpaired) electrons. The molecule has 0 saturated carbocycles. The summed E-state index contributed by atoms with van der Waals surface area (Å²) in [7, 11) is 3.22. The van der Waals surface area contributed by atoms with Crippen molar-refractivity contribution < 1.29 is 22.3 Å². The van der Waals surface area contributed by atoms with E-state index in [1.807, 2.05) is 11.9 Å². The Morgan fingerprint density at radius 3 is 2.71 bits per heavy atom. The first-order valence-electron chi connectivity index (χ1n) is 11.3. The van der Waals surface area contributed by atoms with E-state index in [-0.39, 0.29) is 47.1 Å². The van der Waals surface area contributed by atoms with Crippen molar-refractivity contribution in [2.24, 2.45) is 0 Å². The number of aromatic nitrogens is 5. The minimum absolute atomic E-state index is 0.00178. The number of imidazole rings is 1. The number of likely N-dealkylation sites (tertiary alicyclic amines) is 1. The second-order valence-electron chi connectivity index (χ2n) is 8.73. The fourth-order valence-corrected chi connectivity index (χ4v) is 4.69. The average molecular weight is 491 g/mol. The molecule has 1 saturated heterocycles. The predicted octanol–water partition coefficient (Wildman–Crippen LogP) is 3.76. The lowest BCUT2D eigenvalue weighted by molar-refractivity contribution is 0.149. The summed E-state index contributed by atoms with van der Waals surface area (Å²) in [6.45, 7) is 1.99. The molecular formula is C23H25F4N7O. The third kappa shape index (κ3) is 4.05. The lowest BCUT2D eigenvalue weighted by atomic mass is 10.0. The number of piperidine rings is 1. The van der Waals surface area contributed by atoms with Crippen LogP contribution >= 0.6 is 0 Å². The zero-order chi connectivity index (χ0) is 24.9. The summed E-state index contributed by atoms with van der Waals surface area (Å²) >= 11 is 0. The van der Waals surface area contributed by atoms with E-state index in [1.165, 1.54) is 17.7 Å². The van der Waals surface area contributed by atoms with Crippen LogP contribution in [0.15, 0.2) is 18.3 Å². The number of nitrogens with one attached hydrogen (secondary N) is 1. The van der Waals surface area contributed by atoms with Crippen molar-refractivity contribution >= 4 is 22.5 Å². The van der Waals surface area contributed by atoms with Gasteiger partial charge >= 0.3 is 0 Å². The first kappa shape index (κ1) is 23.3. The summed E-state index contributed by atoms with van der Waals surface area (Å²) in [4.78, 5) is 10.4. The van der Waals surface area contributed by atoms with Gasteiger partial charge in [0.15, 0.2) is 11.6 Å². The number of benzene rings is 1. The van der Waals surface area contributed by atoms with Crippen molar-refractivity contribution in [1.29, 1.82) is 0 Å². The molecule has 1 aromatic carbocycles. The molecule has 0 aliphatic carbocycles. The quantitative estimate of drug-likeness (QED) is 0.414. The molecule has 5 rings (SSSR count). The molecule has 186 valence electrons. The second kappa shape index (κ2) is 8.99. The highest BCUT2D eigenvalue weighted by Gasteiger charge is 2.29. The van der Waals surface area contributed by atoms with Crippen LogP contribution < -0.4 is 10.1 Å². The molecule has 0 spiro atoms. The number of ether oxygens (including phenoxy) is 1. The van der Waals surface area contributed by atoms with Crippen LogP contribution in [0.5, 0.6) is 5.88 Å². The normalized spacial score (nSPS) is 19.1. The molecule has 0 bridgehead atoms. The molecule has 4 aromatic rings. The van der Waals surface area contributed by atoms with Crippen molar-refractivity contribution in [1.82, 2.24) is 29.0 Å². The zero-order valence-electron chi connectivity index (χ0n) is 19.5. The molecule has 0 unspecified atom stereocenters. The molecule has 8 nitrogen and oxygen atoms in total. The molecule has 1 aliphatic rings. The van der Waals surface area contributed by atoms with E-state index < -0.39 is 30.5 Å². The summed E-state index contributed by atoms with van der Waals surface area (Å²) in [6.07, 6.45) is 0.564. The van der Waals surface area contributed by atoms with Crippen molar-refractivity contribution in [2.45, 2.75) is 32.1 Å². The van der Waals surface area contributed by atoms with E-state index in [9.17, 15) is 13.2 Å². The van der Waals surface area contributed by atoms with E-state index in [4.69, 9.17) is 4.74 Å². The maximum Gasteiger partial charge on any atom is 0.244 e. The smallest absolute Gasteiger partial charge is 0.244 e. The van der Waals surface area contributed by atoms with Gasteiger partial charge in [-0.25, -0.2) is 27.1 Å². The number of fused-ring (bicyclic) bond motifs is 2. The van der Waals surface area contributed by atoms with Crippen LogP contribution in [-0.4, -0.2) is 75.2 Å². The Kier molecular flexibility index (Phi) is 5.99. The van der Waals surface area contributed by atoms with Crippen LogP contribution in [-0.2, 0) is 6.54 Å². The van der Waals surface area contributed by atoms with Gasteiger partial charge in [0.1, 0.15) is 29.7 Å². The molecule has 35 heavy (non-hydrogen) atoms. The summed E-state index contributed by atoms with van der Waals surface area (Å²) < 4.78 is 66.0. The number of anilines is 1. The standard InChI is InChI=1S/C23H25F4N7O/c1-12-28-20-14(25)8-13(9-18(20)33(12)7-5-24)19-16(27)11-34-21(19)22(35-3)30-23(31-34)29-17-4-6-32(2)10-15(17)26/h8-9,11,15,17H,4-7,10H2,1-3H3,(H,29,31)/t15-,17+/m1/s1. The number of hydrogen-bond acceptors (Lipinski definition) is 6. The van der Waals surface area contributed by atoms with E-state index in [1.54, 1.807) is 17.6 Å². The molecule has 4 heterocycles. The van der Waals surface area contributed by atoms with E-state index >= 15 is 4.39 Å². The third-order valence-electron chi connectivity index (χ3n) is 6.40. The summed E-state index contributed by atoms with van der Waals surface area (Å²) in [6, 6.07) is 2.23. The minimum atomic E-state index is -1.12. The Hall–Kier alpha value is -3.41. The van der Waals surface area contributed by atoms with Crippen LogP contribution in [0.3, 0.4) is 0 Å². The minimum Gasteiger partial charge on any atom is -0.479 e.